The van der Waals surface area contributed by atoms with Gasteiger partial charge in [0.1, 0.15) is 5.82 Å². The number of hydrogen-bond donors (Lipinski definition) is 1. The molecule has 90 valence electrons. The first-order valence-corrected chi connectivity index (χ1v) is 5.22. The molecule has 0 aliphatic carbocycles. The Morgan fingerprint density at radius 1 is 1.65 bits per heavy atom. The van der Waals surface area contributed by atoms with Gasteiger partial charge in [-0.2, -0.15) is 0 Å². The summed E-state index contributed by atoms with van der Waals surface area (Å²) in [6, 6.07) is 2.60. The first kappa shape index (κ1) is 11.5. The number of aromatic nitrogens is 1. The molecule has 1 saturated heterocycles. The molecule has 1 aliphatic heterocycles. The summed E-state index contributed by atoms with van der Waals surface area (Å²) in [5.41, 5.74) is 5.44. The van der Waals surface area contributed by atoms with Crippen molar-refractivity contribution in [3.63, 3.8) is 0 Å². The van der Waals surface area contributed by atoms with E-state index in [0.717, 1.165) is 0 Å². The van der Waals surface area contributed by atoms with Crippen LogP contribution in [0.25, 0.3) is 0 Å². The van der Waals surface area contributed by atoms with Crippen molar-refractivity contribution in [2.45, 2.75) is 6.42 Å². The molecule has 0 saturated carbocycles. The van der Waals surface area contributed by atoms with Crippen LogP contribution in [0.5, 0.6) is 0 Å². The first-order chi connectivity index (χ1) is 8.11. The van der Waals surface area contributed by atoms with Gasteiger partial charge in [-0.25, -0.2) is 4.98 Å². The molecule has 0 radical (unpaired) electrons. The van der Waals surface area contributed by atoms with Crippen LogP contribution in [0.3, 0.4) is 0 Å². The molecule has 7 nitrogen and oxygen atoms in total. The van der Waals surface area contributed by atoms with Gasteiger partial charge in [0.2, 0.25) is 5.91 Å². The monoisotopic (exact) mass is 236 g/mol. The van der Waals surface area contributed by atoms with Gasteiger partial charge in [0, 0.05) is 25.2 Å². The summed E-state index contributed by atoms with van der Waals surface area (Å²) in [6.45, 7) is 0.903. The zero-order valence-corrected chi connectivity index (χ0v) is 9.07. The number of hydrogen-bond acceptors (Lipinski definition) is 5. The zero-order valence-electron chi connectivity index (χ0n) is 9.07. The normalized spacial score (nSPS) is 19.7. The number of carbonyl (C=O) groups is 1. The Balaban J connectivity index is 2.25. The lowest BCUT2D eigenvalue weighted by molar-refractivity contribution is -0.384. The first-order valence-electron chi connectivity index (χ1n) is 5.22. The molecule has 1 amide bonds. The van der Waals surface area contributed by atoms with E-state index >= 15 is 0 Å². The van der Waals surface area contributed by atoms with E-state index in [-0.39, 0.29) is 17.5 Å². The number of nitrogens with zero attached hydrogens (tertiary/aromatic N) is 3. The molecular weight excluding hydrogens is 224 g/mol. The van der Waals surface area contributed by atoms with Gasteiger partial charge < -0.3 is 5.73 Å². The predicted molar refractivity (Wildman–Crippen MR) is 60.4 cm³/mol. The molecular formula is C10H12N4O3. The van der Waals surface area contributed by atoms with Crippen molar-refractivity contribution in [3.8, 4) is 0 Å². The molecule has 1 unspecified atom stereocenters. The summed E-state index contributed by atoms with van der Waals surface area (Å²) >= 11 is 0. The Kier molecular flexibility index (Phi) is 3.01. The lowest BCUT2D eigenvalue weighted by Gasteiger charge is -2.14. The molecule has 2 rings (SSSR count). The van der Waals surface area contributed by atoms with Crippen LogP contribution in [0.15, 0.2) is 18.3 Å². The average Bonchev–Trinajstić information content (AvgIpc) is 2.71. The van der Waals surface area contributed by atoms with Crippen LogP contribution in [-0.4, -0.2) is 28.9 Å². The molecule has 1 fully saturated rings. The van der Waals surface area contributed by atoms with Gasteiger partial charge in [0.05, 0.1) is 11.0 Å². The van der Waals surface area contributed by atoms with E-state index < -0.39 is 4.92 Å². The van der Waals surface area contributed by atoms with Crippen LogP contribution < -0.4 is 10.6 Å². The van der Waals surface area contributed by atoms with Gasteiger partial charge in [-0.3, -0.25) is 19.8 Å². The summed E-state index contributed by atoms with van der Waals surface area (Å²) < 4.78 is 0. The molecule has 1 aromatic heterocycles. The van der Waals surface area contributed by atoms with Crippen LogP contribution in [0.4, 0.5) is 11.5 Å². The molecule has 0 bridgehead atoms. The number of anilines is 1. The molecule has 0 spiro atoms. The smallest absolute Gasteiger partial charge is 0.274 e. The minimum absolute atomic E-state index is 0.0704. The maximum Gasteiger partial charge on any atom is 0.274 e. The fourth-order valence-electron chi connectivity index (χ4n) is 1.83. The van der Waals surface area contributed by atoms with E-state index in [1.807, 2.05) is 0 Å². The average molecular weight is 236 g/mol. The molecule has 2 heterocycles. The van der Waals surface area contributed by atoms with Crippen molar-refractivity contribution in [2.24, 2.45) is 11.7 Å². The lowest BCUT2D eigenvalue weighted by atomic mass is 10.1. The Morgan fingerprint density at radius 3 is 3.00 bits per heavy atom. The minimum Gasteiger partial charge on any atom is -0.330 e. The third kappa shape index (κ3) is 2.23. The summed E-state index contributed by atoms with van der Waals surface area (Å²) in [7, 11) is 0. The second kappa shape index (κ2) is 4.46. The highest BCUT2D eigenvalue weighted by Crippen LogP contribution is 2.25. The number of nitro groups is 1. The van der Waals surface area contributed by atoms with Gasteiger partial charge >= 0.3 is 0 Å². The van der Waals surface area contributed by atoms with Gasteiger partial charge in [0.15, 0.2) is 0 Å². The Hall–Kier alpha value is -2.02. The van der Waals surface area contributed by atoms with E-state index in [4.69, 9.17) is 5.73 Å². The maximum atomic E-state index is 11.7. The second-order valence-corrected chi connectivity index (χ2v) is 3.94. The fraction of sp³-hybridized carbons (Fsp3) is 0.400. The molecule has 7 heteroatoms. The minimum atomic E-state index is -0.508. The molecule has 1 aliphatic rings. The predicted octanol–water partition coefficient (Wildman–Crippen LogP) is 0.301. The van der Waals surface area contributed by atoms with Crippen LogP contribution in [0, 0.1) is 16.0 Å². The highest BCUT2D eigenvalue weighted by Gasteiger charge is 2.31. The molecule has 2 N–H and O–H groups in total. The largest absolute Gasteiger partial charge is 0.330 e. The topological polar surface area (TPSA) is 102 Å². The number of nitrogens with two attached hydrogens (primary N) is 1. The van der Waals surface area contributed by atoms with Crippen LogP contribution in [-0.2, 0) is 4.79 Å². The zero-order chi connectivity index (χ0) is 12.4. The summed E-state index contributed by atoms with van der Waals surface area (Å²) in [4.78, 5) is 27.2. The molecule has 1 atom stereocenters. The van der Waals surface area contributed by atoms with Crippen molar-refractivity contribution in [1.82, 2.24) is 4.98 Å². The summed E-state index contributed by atoms with van der Waals surface area (Å²) in [5, 5.41) is 10.6. The molecule has 17 heavy (non-hydrogen) atoms. The Labute approximate surface area is 97.4 Å². The third-order valence-electron chi connectivity index (χ3n) is 2.75. The van der Waals surface area contributed by atoms with E-state index in [0.29, 0.717) is 25.3 Å². The van der Waals surface area contributed by atoms with E-state index in [2.05, 4.69) is 4.98 Å². The number of carbonyl (C=O) groups excluding carboxylic acids is 1. The SMILES string of the molecule is NCC1CC(=O)N(c2cc([N+](=O)[O-])ccn2)C1. The number of rotatable bonds is 3. The highest BCUT2D eigenvalue weighted by atomic mass is 16.6. The van der Waals surface area contributed by atoms with Crippen molar-refractivity contribution in [3.05, 3.63) is 28.4 Å². The Morgan fingerprint density at radius 2 is 2.41 bits per heavy atom. The summed E-state index contributed by atoms with van der Waals surface area (Å²) in [6.07, 6.45) is 1.71. The number of pyridine rings is 1. The summed E-state index contributed by atoms with van der Waals surface area (Å²) in [5.74, 6) is 0.331. The van der Waals surface area contributed by atoms with Crippen LogP contribution in [0.2, 0.25) is 0 Å². The molecule has 1 aromatic rings. The van der Waals surface area contributed by atoms with Gasteiger partial charge in [-0.15, -0.1) is 0 Å². The standard InChI is InChI=1S/C10H12N4O3/c11-5-7-3-10(15)13(6-7)9-4-8(14(16)17)1-2-12-9/h1-2,4,7H,3,5-6,11H2. The third-order valence-corrected chi connectivity index (χ3v) is 2.75. The second-order valence-electron chi connectivity index (χ2n) is 3.94. The van der Waals surface area contributed by atoms with Crippen molar-refractivity contribution < 1.29 is 9.72 Å². The fourth-order valence-corrected chi connectivity index (χ4v) is 1.83. The van der Waals surface area contributed by atoms with Gasteiger partial charge in [-0.05, 0) is 12.5 Å². The highest BCUT2D eigenvalue weighted by molar-refractivity contribution is 5.95. The lowest BCUT2D eigenvalue weighted by Crippen LogP contribution is -2.26. The van der Waals surface area contributed by atoms with E-state index in [1.165, 1.54) is 23.2 Å². The Bertz CT molecular complexity index is 463. The quantitative estimate of drug-likeness (QED) is 0.600. The maximum absolute atomic E-state index is 11.7. The van der Waals surface area contributed by atoms with Crippen molar-refractivity contribution in [1.29, 1.82) is 0 Å². The van der Waals surface area contributed by atoms with Crippen molar-refractivity contribution >= 4 is 17.4 Å². The van der Waals surface area contributed by atoms with Crippen LogP contribution in [0.1, 0.15) is 6.42 Å². The van der Waals surface area contributed by atoms with Gasteiger partial charge in [-0.1, -0.05) is 0 Å². The number of amides is 1. The van der Waals surface area contributed by atoms with Crippen LogP contribution >= 0.6 is 0 Å². The van der Waals surface area contributed by atoms with Crippen molar-refractivity contribution in [2.75, 3.05) is 18.0 Å². The van der Waals surface area contributed by atoms with Gasteiger partial charge in [0.25, 0.3) is 5.69 Å². The molecule has 0 aromatic carbocycles. The van der Waals surface area contributed by atoms with E-state index in [1.54, 1.807) is 0 Å². The van der Waals surface area contributed by atoms with E-state index in [9.17, 15) is 14.9 Å².